The predicted molar refractivity (Wildman–Crippen MR) is 91.2 cm³/mol. The first-order valence-corrected chi connectivity index (χ1v) is 8.29. The number of benzene rings is 2. The molecule has 1 N–H and O–H groups in total. The molecule has 6 heteroatoms. The van der Waals surface area contributed by atoms with E-state index in [1.807, 2.05) is 30.3 Å². The zero-order valence-electron chi connectivity index (χ0n) is 13.8. The molecule has 1 aliphatic rings. The Bertz CT molecular complexity index is 696. The summed E-state index contributed by atoms with van der Waals surface area (Å²) >= 11 is 0. The number of para-hydroxylation sites is 1. The zero-order chi connectivity index (χ0) is 17.6. The number of halogens is 2. The Morgan fingerprint density at radius 1 is 1.04 bits per heavy atom. The van der Waals surface area contributed by atoms with Gasteiger partial charge in [-0.3, -0.25) is 0 Å². The van der Waals surface area contributed by atoms with Gasteiger partial charge in [-0.2, -0.15) is 0 Å². The van der Waals surface area contributed by atoms with E-state index in [1.54, 1.807) is 4.90 Å². The van der Waals surface area contributed by atoms with E-state index in [1.165, 1.54) is 6.07 Å². The molecular formula is C19H20F2N2O2. The second-order valence-electron chi connectivity index (χ2n) is 6.01. The minimum atomic E-state index is -0.783. The van der Waals surface area contributed by atoms with Crippen LogP contribution in [0.2, 0.25) is 0 Å². The average Bonchev–Trinajstić information content (AvgIpc) is 2.64. The van der Waals surface area contributed by atoms with Gasteiger partial charge in [0.1, 0.15) is 17.3 Å². The van der Waals surface area contributed by atoms with Crippen molar-refractivity contribution in [2.45, 2.75) is 25.6 Å². The van der Waals surface area contributed by atoms with Crippen LogP contribution in [0.3, 0.4) is 0 Å². The van der Waals surface area contributed by atoms with Crippen LogP contribution >= 0.6 is 0 Å². The summed E-state index contributed by atoms with van der Waals surface area (Å²) < 4.78 is 33.1. The molecule has 25 heavy (non-hydrogen) atoms. The van der Waals surface area contributed by atoms with E-state index in [4.69, 9.17) is 4.74 Å². The Morgan fingerprint density at radius 3 is 2.32 bits per heavy atom. The first-order chi connectivity index (χ1) is 12.1. The summed E-state index contributed by atoms with van der Waals surface area (Å²) in [6, 6.07) is 12.9. The third-order valence-corrected chi connectivity index (χ3v) is 4.25. The molecule has 1 heterocycles. The maximum absolute atomic E-state index is 13.6. The third kappa shape index (κ3) is 4.54. The van der Waals surface area contributed by atoms with Crippen molar-refractivity contribution in [2.24, 2.45) is 0 Å². The molecule has 0 radical (unpaired) electrons. The SMILES string of the molecule is O=C(Nc1c(F)cccc1F)N1CCC(OCc2ccccc2)CC1. The van der Waals surface area contributed by atoms with E-state index in [9.17, 15) is 13.6 Å². The second-order valence-corrected chi connectivity index (χ2v) is 6.01. The van der Waals surface area contributed by atoms with Crippen molar-refractivity contribution < 1.29 is 18.3 Å². The molecule has 0 atom stereocenters. The summed E-state index contributed by atoms with van der Waals surface area (Å²) in [7, 11) is 0. The van der Waals surface area contributed by atoms with Crippen molar-refractivity contribution in [3.05, 3.63) is 65.7 Å². The number of hydrogen-bond donors (Lipinski definition) is 1. The second kappa shape index (κ2) is 8.07. The summed E-state index contributed by atoms with van der Waals surface area (Å²) in [6.45, 7) is 1.51. The lowest BCUT2D eigenvalue weighted by Crippen LogP contribution is -2.43. The minimum absolute atomic E-state index is 0.0782. The fourth-order valence-electron chi connectivity index (χ4n) is 2.82. The number of carbonyl (C=O) groups is 1. The highest BCUT2D eigenvalue weighted by Gasteiger charge is 2.24. The van der Waals surface area contributed by atoms with Gasteiger partial charge < -0.3 is 15.0 Å². The number of anilines is 1. The molecule has 0 aliphatic carbocycles. The summed E-state index contributed by atoms with van der Waals surface area (Å²) in [5.41, 5.74) is 0.702. The molecule has 2 amide bonds. The normalized spacial score (nSPS) is 15.2. The predicted octanol–water partition coefficient (Wildman–Crippen LogP) is 4.18. The molecule has 132 valence electrons. The van der Waals surface area contributed by atoms with Crippen molar-refractivity contribution >= 4 is 11.7 Å². The topological polar surface area (TPSA) is 41.6 Å². The Morgan fingerprint density at radius 2 is 1.68 bits per heavy atom. The van der Waals surface area contributed by atoms with E-state index in [-0.39, 0.29) is 6.10 Å². The number of likely N-dealkylation sites (tertiary alicyclic amines) is 1. The fourth-order valence-corrected chi connectivity index (χ4v) is 2.82. The highest BCUT2D eigenvalue weighted by Crippen LogP contribution is 2.20. The zero-order valence-corrected chi connectivity index (χ0v) is 13.8. The molecule has 1 saturated heterocycles. The van der Waals surface area contributed by atoms with Gasteiger partial charge in [0.2, 0.25) is 0 Å². The summed E-state index contributed by atoms with van der Waals surface area (Å²) in [6.07, 6.45) is 1.47. The standard InChI is InChI=1S/C19H20F2N2O2/c20-16-7-4-8-17(21)18(16)22-19(24)23-11-9-15(10-12-23)25-13-14-5-2-1-3-6-14/h1-8,15H,9-13H2,(H,22,24). The first-order valence-electron chi connectivity index (χ1n) is 8.29. The summed E-state index contributed by atoms with van der Waals surface area (Å²) in [5, 5.41) is 2.32. The van der Waals surface area contributed by atoms with Gasteiger partial charge >= 0.3 is 6.03 Å². The molecule has 2 aromatic carbocycles. The van der Waals surface area contributed by atoms with Crippen LogP contribution in [0, 0.1) is 11.6 Å². The molecule has 0 unspecified atom stereocenters. The number of nitrogens with one attached hydrogen (secondary N) is 1. The van der Waals surface area contributed by atoms with Crippen LogP contribution < -0.4 is 5.32 Å². The quantitative estimate of drug-likeness (QED) is 0.902. The molecule has 0 bridgehead atoms. The van der Waals surface area contributed by atoms with Gasteiger partial charge in [0, 0.05) is 13.1 Å². The number of piperidine rings is 1. The van der Waals surface area contributed by atoms with Crippen LogP contribution in [-0.4, -0.2) is 30.1 Å². The molecule has 1 fully saturated rings. The molecule has 0 spiro atoms. The molecule has 3 rings (SSSR count). The van der Waals surface area contributed by atoms with Crippen molar-refractivity contribution in [1.29, 1.82) is 0 Å². The summed E-state index contributed by atoms with van der Waals surface area (Å²) in [4.78, 5) is 13.7. The van der Waals surface area contributed by atoms with E-state index in [2.05, 4.69) is 5.32 Å². The van der Waals surface area contributed by atoms with Gasteiger partial charge in [-0.05, 0) is 30.5 Å². The van der Waals surface area contributed by atoms with Crippen molar-refractivity contribution in [1.82, 2.24) is 4.90 Å². The smallest absolute Gasteiger partial charge is 0.322 e. The van der Waals surface area contributed by atoms with Crippen LogP contribution in [-0.2, 0) is 11.3 Å². The third-order valence-electron chi connectivity index (χ3n) is 4.25. The first kappa shape index (κ1) is 17.4. The Kier molecular flexibility index (Phi) is 5.60. The fraction of sp³-hybridized carbons (Fsp3) is 0.316. The maximum atomic E-state index is 13.6. The number of carbonyl (C=O) groups excluding carboxylic acids is 1. The molecule has 2 aromatic rings. The van der Waals surface area contributed by atoms with Crippen LogP contribution in [0.4, 0.5) is 19.3 Å². The molecule has 4 nitrogen and oxygen atoms in total. The molecule has 1 aliphatic heterocycles. The molecular weight excluding hydrogens is 326 g/mol. The average molecular weight is 346 g/mol. The lowest BCUT2D eigenvalue weighted by molar-refractivity contribution is 0.00539. The van der Waals surface area contributed by atoms with Crippen LogP contribution in [0.25, 0.3) is 0 Å². The number of hydrogen-bond acceptors (Lipinski definition) is 2. The van der Waals surface area contributed by atoms with Gasteiger partial charge in [0.25, 0.3) is 0 Å². The van der Waals surface area contributed by atoms with Gasteiger partial charge in [-0.1, -0.05) is 36.4 Å². The van der Waals surface area contributed by atoms with Crippen LogP contribution in [0.1, 0.15) is 18.4 Å². The number of nitrogens with zero attached hydrogens (tertiary/aromatic N) is 1. The van der Waals surface area contributed by atoms with Gasteiger partial charge in [-0.25, -0.2) is 13.6 Å². The van der Waals surface area contributed by atoms with Crippen LogP contribution in [0.5, 0.6) is 0 Å². The van der Waals surface area contributed by atoms with Gasteiger partial charge in [0.15, 0.2) is 0 Å². The number of urea groups is 1. The number of rotatable bonds is 4. The van der Waals surface area contributed by atoms with E-state index in [0.29, 0.717) is 32.5 Å². The van der Waals surface area contributed by atoms with Gasteiger partial charge in [-0.15, -0.1) is 0 Å². The van der Waals surface area contributed by atoms with E-state index >= 15 is 0 Å². The molecule has 0 saturated carbocycles. The monoisotopic (exact) mass is 346 g/mol. The highest BCUT2D eigenvalue weighted by atomic mass is 19.1. The van der Waals surface area contributed by atoms with Crippen molar-refractivity contribution in [3.8, 4) is 0 Å². The Labute approximate surface area is 145 Å². The Hall–Kier alpha value is -2.47. The largest absolute Gasteiger partial charge is 0.373 e. The van der Waals surface area contributed by atoms with Crippen molar-refractivity contribution in [2.75, 3.05) is 18.4 Å². The number of ether oxygens (including phenoxy) is 1. The molecule has 0 aromatic heterocycles. The number of amides is 2. The maximum Gasteiger partial charge on any atom is 0.322 e. The van der Waals surface area contributed by atoms with Gasteiger partial charge in [0.05, 0.1) is 12.7 Å². The van der Waals surface area contributed by atoms with E-state index < -0.39 is 23.4 Å². The van der Waals surface area contributed by atoms with Crippen molar-refractivity contribution in [3.63, 3.8) is 0 Å². The minimum Gasteiger partial charge on any atom is -0.373 e. The highest BCUT2D eigenvalue weighted by molar-refractivity contribution is 5.89. The van der Waals surface area contributed by atoms with E-state index in [0.717, 1.165) is 17.7 Å². The van der Waals surface area contributed by atoms with Crippen LogP contribution in [0.15, 0.2) is 48.5 Å². The Balaban J connectivity index is 1.48. The lowest BCUT2D eigenvalue weighted by Gasteiger charge is -2.32. The summed E-state index contributed by atoms with van der Waals surface area (Å²) in [5.74, 6) is -1.57. The lowest BCUT2D eigenvalue weighted by atomic mass is 10.1.